The second kappa shape index (κ2) is 4.55. The summed E-state index contributed by atoms with van der Waals surface area (Å²) in [5, 5.41) is 8.98. The van der Waals surface area contributed by atoms with Gasteiger partial charge in [-0.15, -0.1) is 0 Å². The molecular formula is C12H16BrN3. The van der Waals surface area contributed by atoms with Crippen molar-refractivity contribution >= 4 is 26.8 Å². The third kappa shape index (κ3) is 1.99. The van der Waals surface area contributed by atoms with E-state index < -0.39 is 0 Å². The number of halogens is 1. The number of hydrogen-bond donors (Lipinski definition) is 1. The van der Waals surface area contributed by atoms with E-state index in [0.29, 0.717) is 6.04 Å². The van der Waals surface area contributed by atoms with Crippen LogP contribution in [0, 0.1) is 0 Å². The van der Waals surface area contributed by atoms with Gasteiger partial charge in [-0.1, -0.05) is 18.2 Å². The number of nitrogens with zero attached hydrogens (tertiary/aromatic N) is 2. The summed E-state index contributed by atoms with van der Waals surface area (Å²) in [6.07, 6.45) is 0.997. The molecule has 86 valence electrons. The van der Waals surface area contributed by atoms with Gasteiger partial charge in [0.15, 0.2) is 0 Å². The molecule has 0 radical (unpaired) electrons. The van der Waals surface area contributed by atoms with E-state index in [1.807, 2.05) is 18.8 Å². The van der Waals surface area contributed by atoms with Crippen molar-refractivity contribution in [3.8, 4) is 0 Å². The first-order valence-electron chi connectivity index (χ1n) is 5.41. The minimum Gasteiger partial charge on any atom is -0.317 e. The monoisotopic (exact) mass is 281 g/mol. The maximum Gasteiger partial charge on any atom is 0.111 e. The van der Waals surface area contributed by atoms with Gasteiger partial charge < -0.3 is 5.32 Å². The Morgan fingerprint density at radius 1 is 1.50 bits per heavy atom. The van der Waals surface area contributed by atoms with Crippen molar-refractivity contribution in [2.24, 2.45) is 7.05 Å². The molecule has 0 spiro atoms. The molecule has 4 heteroatoms. The highest BCUT2D eigenvalue weighted by atomic mass is 79.9. The van der Waals surface area contributed by atoms with Crippen LogP contribution in [0.25, 0.3) is 10.9 Å². The van der Waals surface area contributed by atoms with Gasteiger partial charge in [-0.3, -0.25) is 4.68 Å². The summed E-state index contributed by atoms with van der Waals surface area (Å²) in [6.45, 7) is 2.18. The van der Waals surface area contributed by atoms with Crippen LogP contribution < -0.4 is 5.32 Å². The van der Waals surface area contributed by atoms with Crippen LogP contribution in [-0.4, -0.2) is 22.9 Å². The minimum atomic E-state index is 0.464. The van der Waals surface area contributed by atoms with Gasteiger partial charge in [-0.05, 0) is 41.9 Å². The number of aromatic nitrogens is 2. The van der Waals surface area contributed by atoms with Crippen molar-refractivity contribution in [3.63, 3.8) is 0 Å². The van der Waals surface area contributed by atoms with Crippen LogP contribution in [0.1, 0.15) is 12.5 Å². The lowest BCUT2D eigenvalue weighted by Crippen LogP contribution is -2.23. The van der Waals surface area contributed by atoms with Gasteiger partial charge in [-0.2, -0.15) is 5.10 Å². The SMILES string of the molecule is CNC(C)Cc1cccc2c(Br)n(C)nc12. The highest BCUT2D eigenvalue weighted by molar-refractivity contribution is 9.10. The smallest absolute Gasteiger partial charge is 0.111 e. The quantitative estimate of drug-likeness (QED) is 0.937. The fourth-order valence-corrected chi connectivity index (χ4v) is 2.24. The zero-order valence-electron chi connectivity index (χ0n) is 9.79. The van der Waals surface area contributed by atoms with Gasteiger partial charge in [0, 0.05) is 18.5 Å². The lowest BCUT2D eigenvalue weighted by Gasteiger charge is -2.09. The van der Waals surface area contributed by atoms with E-state index in [2.05, 4.69) is 51.5 Å². The first kappa shape index (κ1) is 11.6. The Morgan fingerprint density at radius 2 is 2.25 bits per heavy atom. The van der Waals surface area contributed by atoms with Crippen LogP contribution in [0.2, 0.25) is 0 Å². The number of rotatable bonds is 3. The normalized spacial score (nSPS) is 13.2. The van der Waals surface area contributed by atoms with Gasteiger partial charge >= 0.3 is 0 Å². The largest absolute Gasteiger partial charge is 0.317 e. The summed E-state index contributed by atoms with van der Waals surface area (Å²) in [7, 11) is 3.94. The van der Waals surface area contributed by atoms with Crippen LogP contribution in [0.3, 0.4) is 0 Å². The molecule has 0 saturated carbocycles. The van der Waals surface area contributed by atoms with Crippen molar-refractivity contribution < 1.29 is 0 Å². The maximum atomic E-state index is 4.54. The molecule has 0 saturated heterocycles. The average molecular weight is 282 g/mol. The number of hydrogen-bond acceptors (Lipinski definition) is 2. The van der Waals surface area contributed by atoms with Crippen LogP contribution in [0.4, 0.5) is 0 Å². The second-order valence-corrected chi connectivity index (χ2v) is 4.87. The molecule has 0 aliphatic rings. The van der Waals surface area contributed by atoms with E-state index in [4.69, 9.17) is 0 Å². The van der Waals surface area contributed by atoms with Gasteiger partial charge in [-0.25, -0.2) is 0 Å². The summed E-state index contributed by atoms with van der Waals surface area (Å²) in [5.41, 5.74) is 2.39. The topological polar surface area (TPSA) is 29.9 Å². The molecule has 0 fully saturated rings. The van der Waals surface area contributed by atoms with E-state index in [1.54, 1.807) is 0 Å². The summed E-state index contributed by atoms with van der Waals surface area (Å²) in [5.74, 6) is 0. The number of fused-ring (bicyclic) bond motifs is 1. The molecule has 3 nitrogen and oxygen atoms in total. The molecule has 0 amide bonds. The molecular weight excluding hydrogens is 266 g/mol. The van der Waals surface area contributed by atoms with Crippen molar-refractivity contribution in [2.45, 2.75) is 19.4 Å². The van der Waals surface area contributed by atoms with Crippen LogP contribution in [-0.2, 0) is 13.5 Å². The Bertz CT molecular complexity index is 504. The standard InChI is InChI=1S/C12H16BrN3/c1-8(14-2)7-9-5-4-6-10-11(9)15-16(3)12(10)13/h4-6,8,14H,7H2,1-3H3. The first-order valence-corrected chi connectivity index (χ1v) is 6.20. The zero-order chi connectivity index (χ0) is 11.7. The number of aryl methyl sites for hydroxylation is 1. The molecule has 1 aromatic heterocycles. The Balaban J connectivity index is 2.50. The highest BCUT2D eigenvalue weighted by Gasteiger charge is 2.11. The Hall–Kier alpha value is -0.870. The molecule has 1 unspecified atom stereocenters. The summed E-state index contributed by atoms with van der Waals surface area (Å²) >= 11 is 3.55. The van der Waals surface area contributed by atoms with Gasteiger partial charge in [0.2, 0.25) is 0 Å². The second-order valence-electron chi connectivity index (χ2n) is 4.12. The first-order chi connectivity index (χ1) is 7.63. The van der Waals surface area contributed by atoms with Crippen molar-refractivity contribution in [3.05, 3.63) is 28.4 Å². The van der Waals surface area contributed by atoms with Gasteiger partial charge in [0.25, 0.3) is 0 Å². The van der Waals surface area contributed by atoms with Crippen LogP contribution >= 0.6 is 15.9 Å². The Labute approximate surface area is 104 Å². The maximum absolute atomic E-state index is 4.54. The fourth-order valence-electron chi connectivity index (χ4n) is 1.84. The van der Waals surface area contributed by atoms with E-state index in [1.165, 1.54) is 10.9 Å². The summed E-state index contributed by atoms with van der Waals surface area (Å²) in [6, 6.07) is 6.80. The van der Waals surface area contributed by atoms with Gasteiger partial charge in [0.05, 0.1) is 5.52 Å². The molecule has 0 aliphatic carbocycles. The molecule has 16 heavy (non-hydrogen) atoms. The average Bonchev–Trinajstić information content (AvgIpc) is 2.57. The molecule has 1 aromatic carbocycles. The zero-order valence-corrected chi connectivity index (χ0v) is 11.4. The van der Waals surface area contributed by atoms with Crippen molar-refractivity contribution in [1.29, 1.82) is 0 Å². The highest BCUT2D eigenvalue weighted by Crippen LogP contribution is 2.26. The van der Waals surface area contributed by atoms with Gasteiger partial charge in [0.1, 0.15) is 4.60 Å². The van der Waals surface area contributed by atoms with Crippen molar-refractivity contribution in [1.82, 2.24) is 15.1 Å². The predicted molar refractivity (Wildman–Crippen MR) is 70.6 cm³/mol. The molecule has 0 aliphatic heterocycles. The fraction of sp³-hybridized carbons (Fsp3) is 0.417. The molecule has 0 bridgehead atoms. The van der Waals surface area contributed by atoms with Crippen molar-refractivity contribution in [2.75, 3.05) is 7.05 Å². The Morgan fingerprint density at radius 3 is 2.94 bits per heavy atom. The van der Waals surface area contributed by atoms with E-state index in [0.717, 1.165) is 16.5 Å². The lowest BCUT2D eigenvalue weighted by molar-refractivity contribution is 0.609. The number of nitrogens with one attached hydrogen (secondary N) is 1. The number of benzene rings is 1. The molecule has 1 N–H and O–H groups in total. The molecule has 2 aromatic rings. The minimum absolute atomic E-state index is 0.464. The lowest BCUT2D eigenvalue weighted by atomic mass is 10.0. The van der Waals surface area contributed by atoms with E-state index in [-0.39, 0.29) is 0 Å². The molecule has 1 heterocycles. The summed E-state index contributed by atoms with van der Waals surface area (Å²) in [4.78, 5) is 0. The number of likely N-dealkylation sites (N-methyl/N-ethyl adjacent to an activating group) is 1. The van der Waals surface area contributed by atoms with Crippen LogP contribution in [0.5, 0.6) is 0 Å². The molecule has 2 rings (SSSR count). The van der Waals surface area contributed by atoms with E-state index >= 15 is 0 Å². The van der Waals surface area contributed by atoms with Crippen LogP contribution in [0.15, 0.2) is 22.8 Å². The summed E-state index contributed by atoms with van der Waals surface area (Å²) < 4.78 is 2.92. The van der Waals surface area contributed by atoms with E-state index in [9.17, 15) is 0 Å². The predicted octanol–water partition coefficient (Wildman–Crippen LogP) is 2.49. The molecule has 1 atom stereocenters. The Kier molecular flexibility index (Phi) is 3.30. The third-order valence-corrected chi connectivity index (χ3v) is 3.84. The third-order valence-electron chi connectivity index (χ3n) is 2.89.